The third-order valence-electron chi connectivity index (χ3n) is 5.14. The number of fused-ring (bicyclic) bond motifs is 2. The van der Waals surface area contributed by atoms with Crippen LogP contribution in [0, 0.1) is 0 Å². The summed E-state index contributed by atoms with van der Waals surface area (Å²) < 4.78 is 1.59. The quantitative estimate of drug-likeness (QED) is 0.365. The summed E-state index contributed by atoms with van der Waals surface area (Å²) in [4.78, 5) is 32.7. The van der Waals surface area contributed by atoms with Gasteiger partial charge in [-0.3, -0.25) is 14.2 Å². The molecule has 0 aliphatic carbocycles. The van der Waals surface area contributed by atoms with E-state index in [-0.39, 0.29) is 16.7 Å². The third-order valence-corrected chi connectivity index (χ3v) is 6.22. The molecule has 3 aromatic rings. The average molecular weight is 406 g/mol. The van der Waals surface area contributed by atoms with Crippen molar-refractivity contribution in [2.75, 3.05) is 11.4 Å². The number of allylic oxidation sites excluding steroid dienone is 1. The molecular weight excluding hydrogens is 382 g/mol. The lowest BCUT2D eigenvalue weighted by molar-refractivity contribution is -0.117. The Morgan fingerprint density at radius 1 is 1.24 bits per heavy atom. The Kier molecular flexibility index (Phi) is 5.53. The Balaban J connectivity index is 1.66. The number of aromatic nitrogens is 2. The molecule has 0 spiro atoms. The van der Waals surface area contributed by atoms with E-state index >= 15 is 0 Å². The van der Waals surface area contributed by atoms with Crippen LogP contribution in [0.3, 0.4) is 0 Å². The molecule has 0 fully saturated rings. The molecule has 0 saturated heterocycles. The number of nitrogens with zero attached hydrogens (tertiary/aromatic N) is 3. The number of benzene rings is 2. The molecule has 29 heavy (non-hydrogen) atoms. The summed E-state index contributed by atoms with van der Waals surface area (Å²) >= 11 is 1.33. The number of rotatable bonds is 5. The number of para-hydroxylation sites is 2. The molecule has 1 amide bonds. The Hall–Kier alpha value is -2.86. The first-order chi connectivity index (χ1) is 14.1. The van der Waals surface area contributed by atoms with Crippen molar-refractivity contribution in [3.05, 3.63) is 77.1 Å². The lowest BCUT2D eigenvalue weighted by atomic mass is 10.0. The van der Waals surface area contributed by atoms with E-state index in [0.29, 0.717) is 29.1 Å². The molecule has 1 aliphatic rings. The van der Waals surface area contributed by atoms with E-state index in [2.05, 4.69) is 17.6 Å². The van der Waals surface area contributed by atoms with Gasteiger partial charge in [-0.15, -0.1) is 6.58 Å². The fourth-order valence-corrected chi connectivity index (χ4v) is 4.70. The number of hydrogen-bond acceptors (Lipinski definition) is 4. The molecule has 1 atom stereocenters. The van der Waals surface area contributed by atoms with Crippen molar-refractivity contribution < 1.29 is 4.79 Å². The Morgan fingerprint density at radius 2 is 2.00 bits per heavy atom. The molecule has 0 radical (unpaired) electrons. The van der Waals surface area contributed by atoms with E-state index in [1.165, 1.54) is 17.3 Å². The van der Waals surface area contributed by atoms with Crippen LogP contribution >= 0.6 is 11.8 Å². The zero-order chi connectivity index (χ0) is 20.4. The van der Waals surface area contributed by atoms with Gasteiger partial charge in [-0.2, -0.15) is 0 Å². The maximum absolute atomic E-state index is 13.3. The third kappa shape index (κ3) is 3.72. The molecule has 1 aromatic heterocycles. The highest BCUT2D eigenvalue weighted by Crippen LogP contribution is 2.30. The van der Waals surface area contributed by atoms with Gasteiger partial charge in [-0.25, -0.2) is 4.98 Å². The van der Waals surface area contributed by atoms with Crippen LogP contribution in [-0.2, 0) is 17.8 Å². The molecule has 0 bridgehead atoms. The molecular formula is C23H23N3O2S. The van der Waals surface area contributed by atoms with Gasteiger partial charge in [0.2, 0.25) is 5.91 Å². The molecule has 0 saturated carbocycles. The number of hydrogen-bond donors (Lipinski definition) is 0. The van der Waals surface area contributed by atoms with Crippen molar-refractivity contribution >= 4 is 34.3 Å². The maximum atomic E-state index is 13.3. The van der Waals surface area contributed by atoms with Crippen molar-refractivity contribution in [2.24, 2.45) is 0 Å². The zero-order valence-corrected chi connectivity index (χ0v) is 17.2. The monoisotopic (exact) mass is 405 g/mol. The zero-order valence-electron chi connectivity index (χ0n) is 16.4. The molecule has 6 heteroatoms. The molecule has 1 unspecified atom stereocenters. The second-order valence-electron chi connectivity index (χ2n) is 7.10. The van der Waals surface area contributed by atoms with Gasteiger partial charge in [0.1, 0.15) is 0 Å². The minimum absolute atomic E-state index is 0.0368. The van der Waals surface area contributed by atoms with Crippen LogP contribution in [0.4, 0.5) is 5.69 Å². The van der Waals surface area contributed by atoms with Crippen LogP contribution in [-0.4, -0.2) is 27.3 Å². The highest BCUT2D eigenvalue weighted by atomic mass is 32.2. The lowest BCUT2D eigenvalue weighted by Crippen LogP contribution is -2.40. The summed E-state index contributed by atoms with van der Waals surface area (Å²) in [6.07, 6.45) is 3.62. The van der Waals surface area contributed by atoms with Crippen molar-refractivity contribution in [3.63, 3.8) is 0 Å². The average Bonchev–Trinajstić information content (AvgIpc) is 2.75. The van der Waals surface area contributed by atoms with Crippen LogP contribution in [0.15, 0.2) is 71.1 Å². The predicted octanol–water partition coefficient (Wildman–Crippen LogP) is 4.04. The van der Waals surface area contributed by atoms with Gasteiger partial charge in [0.05, 0.1) is 16.2 Å². The van der Waals surface area contributed by atoms with E-state index in [9.17, 15) is 9.59 Å². The fourth-order valence-electron chi connectivity index (χ4n) is 3.72. The van der Waals surface area contributed by atoms with Gasteiger partial charge in [-0.05, 0) is 43.5 Å². The second-order valence-corrected chi connectivity index (χ2v) is 8.41. The maximum Gasteiger partial charge on any atom is 0.262 e. The van der Waals surface area contributed by atoms with Crippen molar-refractivity contribution in [3.8, 4) is 0 Å². The number of aryl methyl sites for hydroxylation is 1. The number of amides is 1. The smallest absolute Gasteiger partial charge is 0.262 e. The van der Waals surface area contributed by atoms with E-state index in [0.717, 1.165) is 18.5 Å². The molecule has 1 aliphatic heterocycles. The van der Waals surface area contributed by atoms with Gasteiger partial charge >= 0.3 is 0 Å². The largest absolute Gasteiger partial charge is 0.311 e. The van der Waals surface area contributed by atoms with E-state index in [1.807, 2.05) is 48.2 Å². The van der Waals surface area contributed by atoms with Crippen LogP contribution in [0.2, 0.25) is 0 Å². The number of thioether (sulfide) groups is 1. The normalized spacial score (nSPS) is 14.4. The van der Waals surface area contributed by atoms with Crippen molar-refractivity contribution in [1.82, 2.24) is 9.55 Å². The number of carbonyl (C=O) groups is 1. The van der Waals surface area contributed by atoms with Crippen LogP contribution in [0.5, 0.6) is 0 Å². The first-order valence-corrected chi connectivity index (χ1v) is 10.6. The standard InChI is InChI=1S/C23H23N3O2S/c1-3-14-26-22(28)18-11-5-6-12-19(18)24-23(26)29-16(2)21(27)25-15-8-10-17-9-4-7-13-20(17)25/h3-7,9,11-13,16H,1,8,10,14-15H2,2H3. The number of anilines is 1. The second kappa shape index (κ2) is 8.25. The topological polar surface area (TPSA) is 55.2 Å². The summed E-state index contributed by atoms with van der Waals surface area (Å²) in [5.41, 5.74) is 2.73. The van der Waals surface area contributed by atoms with Crippen LogP contribution < -0.4 is 10.5 Å². The molecule has 0 N–H and O–H groups in total. The summed E-state index contributed by atoms with van der Waals surface area (Å²) in [6.45, 7) is 6.71. The molecule has 5 nitrogen and oxygen atoms in total. The minimum Gasteiger partial charge on any atom is -0.311 e. The first-order valence-electron chi connectivity index (χ1n) is 9.76. The fraction of sp³-hybridized carbons (Fsp3) is 0.261. The first kappa shape index (κ1) is 19.5. The van der Waals surface area contributed by atoms with Gasteiger partial charge in [0.15, 0.2) is 5.16 Å². The number of carbonyl (C=O) groups excluding carboxylic acids is 1. The highest BCUT2D eigenvalue weighted by Gasteiger charge is 2.28. The molecule has 148 valence electrons. The lowest BCUT2D eigenvalue weighted by Gasteiger charge is -2.31. The van der Waals surface area contributed by atoms with Crippen LogP contribution in [0.25, 0.3) is 10.9 Å². The SMILES string of the molecule is C=CCn1c(SC(C)C(=O)N2CCCc3ccccc32)nc2ccccc2c1=O. The Bertz CT molecular complexity index is 1140. The van der Waals surface area contributed by atoms with E-state index < -0.39 is 0 Å². The summed E-state index contributed by atoms with van der Waals surface area (Å²) in [7, 11) is 0. The van der Waals surface area contributed by atoms with Gasteiger partial charge in [0, 0.05) is 18.8 Å². The minimum atomic E-state index is -0.370. The summed E-state index contributed by atoms with van der Waals surface area (Å²) in [6, 6.07) is 15.4. The van der Waals surface area contributed by atoms with Crippen LogP contribution in [0.1, 0.15) is 18.9 Å². The van der Waals surface area contributed by atoms with Crippen molar-refractivity contribution in [2.45, 2.75) is 36.7 Å². The van der Waals surface area contributed by atoms with E-state index in [1.54, 1.807) is 16.7 Å². The highest BCUT2D eigenvalue weighted by molar-refractivity contribution is 8.00. The summed E-state index contributed by atoms with van der Waals surface area (Å²) in [5.74, 6) is 0.0368. The molecule has 2 aromatic carbocycles. The van der Waals surface area contributed by atoms with Gasteiger partial charge in [-0.1, -0.05) is 48.2 Å². The van der Waals surface area contributed by atoms with E-state index in [4.69, 9.17) is 0 Å². The molecule has 4 rings (SSSR count). The predicted molar refractivity (Wildman–Crippen MR) is 119 cm³/mol. The van der Waals surface area contributed by atoms with Crippen molar-refractivity contribution in [1.29, 1.82) is 0 Å². The van der Waals surface area contributed by atoms with Gasteiger partial charge in [0.25, 0.3) is 5.56 Å². The van der Waals surface area contributed by atoms with Gasteiger partial charge < -0.3 is 4.90 Å². The molecule has 2 heterocycles. The Labute approximate surface area is 174 Å². The summed E-state index contributed by atoms with van der Waals surface area (Å²) in [5, 5.41) is 0.743. The Morgan fingerprint density at radius 3 is 2.83 bits per heavy atom.